The van der Waals surface area contributed by atoms with Gasteiger partial charge >= 0.3 is 0 Å². The number of carbonyl (C=O) groups excluding carboxylic acids is 1. The Balaban J connectivity index is 1.71. The fourth-order valence-electron chi connectivity index (χ4n) is 2.77. The molecule has 1 aliphatic rings. The number of carbonyl (C=O) groups is 1. The molecule has 1 fully saturated rings. The largest absolute Gasteiger partial charge is 0.360 e. The minimum absolute atomic E-state index is 0.108. The lowest BCUT2D eigenvalue weighted by molar-refractivity contribution is 0.0691. The third-order valence-corrected chi connectivity index (χ3v) is 6.24. The maximum Gasteiger partial charge on any atom is 0.274 e. The van der Waals surface area contributed by atoms with Gasteiger partial charge in [0.25, 0.3) is 5.91 Å². The van der Waals surface area contributed by atoms with Crippen molar-refractivity contribution < 1.29 is 17.7 Å². The highest BCUT2D eigenvalue weighted by atomic mass is 32.2. The summed E-state index contributed by atoms with van der Waals surface area (Å²) >= 11 is 0. The zero-order valence-corrected chi connectivity index (χ0v) is 15.1. The normalized spacial score (nSPS) is 16.2. The molecule has 1 saturated heterocycles. The van der Waals surface area contributed by atoms with Crippen molar-refractivity contribution in [2.75, 3.05) is 26.2 Å². The molecule has 10 heteroatoms. The maximum atomic E-state index is 12.8. The molecule has 9 nitrogen and oxygen atoms in total. The summed E-state index contributed by atoms with van der Waals surface area (Å²) < 4.78 is 31.9. The van der Waals surface area contributed by atoms with Gasteiger partial charge in [-0.1, -0.05) is 5.16 Å². The van der Waals surface area contributed by atoms with E-state index in [1.807, 2.05) is 0 Å². The van der Waals surface area contributed by atoms with Crippen LogP contribution in [0.15, 0.2) is 21.8 Å². The van der Waals surface area contributed by atoms with Crippen molar-refractivity contribution in [2.45, 2.75) is 25.7 Å². The van der Waals surface area contributed by atoms with E-state index in [2.05, 4.69) is 15.1 Å². The third-order valence-electron chi connectivity index (χ3n) is 4.09. The smallest absolute Gasteiger partial charge is 0.274 e. The third kappa shape index (κ3) is 3.27. The molecule has 0 unspecified atom stereocenters. The van der Waals surface area contributed by atoms with Gasteiger partial charge in [0.2, 0.25) is 10.0 Å². The molecule has 0 aliphatic carbocycles. The van der Waals surface area contributed by atoms with Crippen LogP contribution in [0, 0.1) is 20.8 Å². The molecule has 134 valence electrons. The Morgan fingerprint density at radius 3 is 2.28 bits per heavy atom. The van der Waals surface area contributed by atoms with Gasteiger partial charge in [-0.05, 0) is 20.8 Å². The van der Waals surface area contributed by atoms with Crippen LogP contribution in [0.5, 0.6) is 0 Å². The highest BCUT2D eigenvalue weighted by molar-refractivity contribution is 7.89. The highest BCUT2D eigenvalue weighted by Crippen LogP contribution is 2.24. The van der Waals surface area contributed by atoms with E-state index in [9.17, 15) is 13.2 Å². The topological polar surface area (TPSA) is 110 Å². The molecule has 1 aliphatic heterocycles. The Bertz CT molecular complexity index is 864. The van der Waals surface area contributed by atoms with Crippen LogP contribution in [0.2, 0.25) is 0 Å². The van der Waals surface area contributed by atoms with Crippen molar-refractivity contribution >= 4 is 15.9 Å². The molecule has 0 spiro atoms. The molecule has 3 rings (SSSR count). The number of sulfonamides is 1. The zero-order valence-electron chi connectivity index (χ0n) is 14.3. The summed E-state index contributed by atoms with van der Waals surface area (Å²) in [5.74, 6) is 0.0211. The lowest BCUT2D eigenvalue weighted by atomic mass is 10.3. The van der Waals surface area contributed by atoms with Gasteiger partial charge in [0.15, 0.2) is 5.76 Å². The maximum absolute atomic E-state index is 12.8. The summed E-state index contributed by atoms with van der Waals surface area (Å²) in [6.45, 7) is 5.95. The van der Waals surface area contributed by atoms with E-state index < -0.39 is 10.0 Å². The standard InChI is InChI=1S/C15H19N5O4S/c1-10-8-17-13(9-16-10)15(21)19-4-6-20(7-5-19)25(22,23)14-11(2)18-24-12(14)3/h8-9H,4-7H2,1-3H3. The van der Waals surface area contributed by atoms with E-state index in [-0.39, 0.29) is 48.4 Å². The molecule has 2 aromatic rings. The lowest BCUT2D eigenvalue weighted by Crippen LogP contribution is -2.50. The minimum Gasteiger partial charge on any atom is -0.360 e. The first-order chi connectivity index (χ1) is 11.8. The molecule has 0 atom stereocenters. The summed E-state index contributed by atoms with van der Waals surface area (Å²) in [5.41, 5.74) is 1.32. The quantitative estimate of drug-likeness (QED) is 0.780. The molecule has 1 amide bonds. The van der Waals surface area contributed by atoms with Crippen LogP contribution in [-0.4, -0.2) is 64.8 Å². The molecule has 0 N–H and O–H groups in total. The molecular weight excluding hydrogens is 346 g/mol. The number of hydrogen-bond acceptors (Lipinski definition) is 7. The number of rotatable bonds is 3. The Hall–Kier alpha value is -2.33. The second-order valence-electron chi connectivity index (χ2n) is 5.89. The predicted octanol–water partition coefficient (Wildman–Crippen LogP) is 0.537. The predicted molar refractivity (Wildman–Crippen MR) is 87.4 cm³/mol. The van der Waals surface area contributed by atoms with Crippen LogP contribution in [0.3, 0.4) is 0 Å². The van der Waals surface area contributed by atoms with Crippen LogP contribution < -0.4 is 0 Å². The number of piperazine rings is 1. The number of hydrogen-bond donors (Lipinski definition) is 0. The van der Waals surface area contributed by atoms with E-state index in [1.165, 1.54) is 16.7 Å². The average Bonchev–Trinajstić information content (AvgIpc) is 2.94. The molecule has 0 radical (unpaired) electrons. The van der Waals surface area contributed by atoms with Crippen molar-refractivity contribution in [3.63, 3.8) is 0 Å². The van der Waals surface area contributed by atoms with E-state index in [1.54, 1.807) is 25.7 Å². The number of aromatic nitrogens is 3. The molecule has 0 aromatic carbocycles. The summed E-state index contributed by atoms with van der Waals surface area (Å²) in [5, 5.41) is 3.71. The van der Waals surface area contributed by atoms with Gasteiger partial charge < -0.3 is 9.42 Å². The van der Waals surface area contributed by atoms with Gasteiger partial charge in [0, 0.05) is 32.4 Å². The van der Waals surface area contributed by atoms with Crippen LogP contribution >= 0.6 is 0 Å². The fraction of sp³-hybridized carbons (Fsp3) is 0.467. The SMILES string of the molecule is Cc1cnc(C(=O)N2CCN(S(=O)(=O)c3c(C)noc3C)CC2)cn1. The second kappa shape index (κ2) is 6.52. The zero-order chi connectivity index (χ0) is 18.2. The highest BCUT2D eigenvalue weighted by Gasteiger charge is 2.34. The van der Waals surface area contributed by atoms with Crippen LogP contribution in [0.25, 0.3) is 0 Å². The van der Waals surface area contributed by atoms with Crippen molar-refractivity contribution in [3.8, 4) is 0 Å². The first-order valence-electron chi connectivity index (χ1n) is 7.81. The van der Waals surface area contributed by atoms with Crippen LogP contribution in [0.4, 0.5) is 0 Å². The Morgan fingerprint density at radius 1 is 1.08 bits per heavy atom. The van der Waals surface area contributed by atoms with E-state index in [4.69, 9.17) is 4.52 Å². The van der Waals surface area contributed by atoms with Gasteiger partial charge in [0.1, 0.15) is 16.3 Å². The molecule has 3 heterocycles. The van der Waals surface area contributed by atoms with Crippen LogP contribution in [-0.2, 0) is 10.0 Å². The van der Waals surface area contributed by atoms with E-state index in [0.717, 1.165) is 5.69 Å². The molecular formula is C15H19N5O4S. The van der Waals surface area contributed by atoms with Crippen molar-refractivity contribution in [2.24, 2.45) is 0 Å². The number of nitrogens with zero attached hydrogens (tertiary/aromatic N) is 5. The summed E-state index contributed by atoms with van der Waals surface area (Å²) in [6, 6.07) is 0. The number of aryl methyl sites for hydroxylation is 3. The van der Waals surface area contributed by atoms with Crippen molar-refractivity contribution in [1.29, 1.82) is 0 Å². The van der Waals surface area contributed by atoms with Crippen molar-refractivity contribution in [3.05, 3.63) is 35.2 Å². The molecule has 2 aromatic heterocycles. The second-order valence-corrected chi connectivity index (χ2v) is 7.77. The van der Waals surface area contributed by atoms with Crippen molar-refractivity contribution in [1.82, 2.24) is 24.3 Å². The summed E-state index contributed by atoms with van der Waals surface area (Å²) in [4.78, 5) is 22.3. The fourth-order valence-corrected chi connectivity index (χ4v) is 4.48. The Labute approximate surface area is 145 Å². The Morgan fingerprint density at radius 2 is 1.76 bits per heavy atom. The molecule has 0 bridgehead atoms. The van der Waals surface area contributed by atoms with E-state index >= 15 is 0 Å². The minimum atomic E-state index is -3.69. The van der Waals surface area contributed by atoms with Gasteiger partial charge in [-0.2, -0.15) is 4.31 Å². The Kier molecular flexibility index (Phi) is 4.56. The van der Waals surface area contributed by atoms with Gasteiger partial charge in [-0.3, -0.25) is 9.78 Å². The lowest BCUT2D eigenvalue weighted by Gasteiger charge is -2.33. The molecule has 25 heavy (non-hydrogen) atoms. The first kappa shape index (κ1) is 17.5. The van der Waals surface area contributed by atoms with Crippen LogP contribution in [0.1, 0.15) is 27.6 Å². The monoisotopic (exact) mass is 365 g/mol. The van der Waals surface area contributed by atoms with E-state index in [0.29, 0.717) is 5.69 Å². The number of amides is 1. The molecule has 0 saturated carbocycles. The van der Waals surface area contributed by atoms with Gasteiger partial charge in [-0.15, -0.1) is 0 Å². The average molecular weight is 365 g/mol. The van der Waals surface area contributed by atoms with Gasteiger partial charge in [0.05, 0.1) is 11.9 Å². The van der Waals surface area contributed by atoms with Gasteiger partial charge in [-0.25, -0.2) is 13.4 Å². The first-order valence-corrected chi connectivity index (χ1v) is 9.25. The summed E-state index contributed by atoms with van der Waals surface area (Å²) in [7, 11) is -3.69. The summed E-state index contributed by atoms with van der Waals surface area (Å²) in [6.07, 6.45) is 2.97.